The SMILES string of the molecule is O=C(c1ccccc1)c1ccc(S[C@H]2CC[C@H](C(=O)O)C2)c(Cl)c1Cl. The standard InChI is InChI=1S/C19H16Cl2O3S/c20-16-14(18(22)11-4-2-1-3-5-11)8-9-15(17(16)21)25-13-7-6-12(10-13)19(23)24/h1-5,8-9,12-13H,6-7,10H2,(H,23,24)/t12-,13-/m0/s1. The van der Waals surface area contributed by atoms with Crippen molar-refractivity contribution in [3.8, 4) is 0 Å². The number of hydrogen-bond donors (Lipinski definition) is 1. The van der Waals surface area contributed by atoms with Crippen molar-refractivity contribution in [1.29, 1.82) is 0 Å². The lowest BCUT2D eigenvalue weighted by Gasteiger charge is -2.13. The predicted octanol–water partition coefficient (Wildman–Crippen LogP) is 5.57. The topological polar surface area (TPSA) is 54.4 Å². The zero-order chi connectivity index (χ0) is 18.0. The summed E-state index contributed by atoms with van der Waals surface area (Å²) >= 11 is 14.3. The molecule has 0 spiro atoms. The van der Waals surface area contributed by atoms with E-state index in [1.807, 2.05) is 6.07 Å². The lowest BCUT2D eigenvalue weighted by Crippen LogP contribution is -2.10. The van der Waals surface area contributed by atoms with Crippen molar-refractivity contribution in [2.75, 3.05) is 0 Å². The van der Waals surface area contributed by atoms with Crippen LogP contribution in [0, 0.1) is 5.92 Å². The van der Waals surface area contributed by atoms with Crippen LogP contribution in [0.25, 0.3) is 0 Å². The smallest absolute Gasteiger partial charge is 0.306 e. The molecule has 1 aliphatic rings. The van der Waals surface area contributed by atoms with Gasteiger partial charge in [-0.25, -0.2) is 0 Å². The summed E-state index contributed by atoms with van der Waals surface area (Å²) in [5.41, 5.74) is 0.929. The van der Waals surface area contributed by atoms with E-state index in [0.717, 1.165) is 11.3 Å². The van der Waals surface area contributed by atoms with Crippen molar-refractivity contribution < 1.29 is 14.7 Å². The summed E-state index contributed by atoms with van der Waals surface area (Å²) < 4.78 is 0. The second-order valence-corrected chi connectivity index (χ2v) is 8.12. The molecule has 2 aromatic rings. The van der Waals surface area contributed by atoms with Crippen molar-refractivity contribution in [3.63, 3.8) is 0 Å². The Morgan fingerprint density at radius 1 is 1.00 bits per heavy atom. The Bertz CT molecular complexity index is 808. The molecule has 2 atom stereocenters. The maximum Gasteiger partial charge on any atom is 0.306 e. The fourth-order valence-corrected chi connectivity index (χ4v) is 4.89. The van der Waals surface area contributed by atoms with Crippen LogP contribution in [-0.4, -0.2) is 22.1 Å². The van der Waals surface area contributed by atoms with Gasteiger partial charge in [0.05, 0.1) is 16.0 Å². The van der Waals surface area contributed by atoms with Crippen LogP contribution in [0.4, 0.5) is 0 Å². The Kier molecular flexibility index (Phi) is 5.72. The Morgan fingerprint density at radius 3 is 2.36 bits per heavy atom. The number of carboxylic acid groups (broad SMARTS) is 1. The van der Waals surface area contributed by atoms with Gasteiger partial charge in [0.1, 0.15) is 0 Å². The van der Waals surface area contributed by atoms with Crippen molar-refractivity contribution in [1.82, 2.24) is 0 Å². The second kappa shape index (κ2) is 7.81. The molecule has 130 valence electrons. The van der Waals surface area contributed by atoms with Gasteiger partial charge in [0, 0.05) is 21.3 Å². The molecule has 0 saturated heterocycles. The number of carbonyl (C=O) groups is 2. The average molecular weight is 395 g/mol. The number of halogens is 2. The number of rotatable bonds is 5. The highest BCUT2D eigenvalue weighted by Gasteiger charge is 2.31. The molecule has 6 heteroatoms. The van der Waals surface area contributed by atoms with Gasteiger partial charge in [0.2, 0.25) is 0 Å². The third-order valence-electron chi connectivity index (χ3n) is 4.35. The van der Waals surface area contributed by atoms with Crippen LogP contribution in [0.1, 0.15) is 35.2 Å². The van der Waals surface area contributed by atoms with Crippen LogP contribution in [0.15, 0.2) is 47.4 Å². The quantitative estimate of drug-likeness (QED) is 0.673. The highest BCUT2D eigenvalue weighted by atomic mass is 35.5. The summed E-state index contributed by atoms with van der Waals surface area (Å²) in [5.74, 6) is -1.20. The maximum atomic E-state index is 12.6. The molecule has 0 aliphatic heterocycles. The van der Waals surface area contributed by atoms with Crippen molar-refractivity contribution >= 4 is 46.7 Å². The molecule has 1 fully saturated rings. The molecule has 1 aliphatic carbocycles. The first-order valence-corrected chi connectivity index (χ1v) is 9.58. The van der Waals surface area contributed by atoms with E-state index in [0.29, 0.717) is 29.0 Å². The molecule has 0 aromatic heterocycles. The monoisotopic (exact) mass is 394 g/mol. The minimum Gasteiger partial charge on any atom is -0.481 e. The van der Waals surface area contributed by atoms with E-state index in [1.165, 1.54) is 11.8 Å². The Balaban J connectivity index is 1.79. The molecule has 3 rings (SSSR count). The molecule has 0 bridgehead atoms. The van der Waals surface area contributed by atoms with Gasteiger partial charge >= 0.3 is 5.97 Å². The summed E-state index contributed by atoms with van der Waals surface area (Å²) in [6.07, 6.45) is 2.14. The lowest BCUT2D eigenvalue weighted by molar-refractivity contribution is -0.141. The van der Waals surface area contributed by atoms with E-state index in [-0.39, 0.29) is 22.0 Å². The number of thioether (sulfide) groups is 1. The molecule has 0 heterocycles. The number of benzene rings is 2. The highest BCUT2D eigenvalue weighted by Crippen LogP contribution is 2.43. The van der Waals surface area contributed by atoms with E-state index in [2.05, 4.69) is 0 Å². The van der Waals surface area contributed by atoms with Crippen LogP contribution in [-0.2, 0) is 4.79 Å². The third-order valence-corrected chi connectivity index (χ3v) is 6.70. The van der Waals surface area contributed by atoms with Gasteiger partial charge < -0.3 is 5.11 Å². The van der Waals surface area contributed by atoms with Crippen molar-refractivity contribution in [3.05, 3.63) is 63.6 Å². The summed E-state index contributed by atoms with van der Waals surface area (Å²) in [7, 11) is 0. The third kappa shape index (κ3) is 4.02. The molecular weight excluding hydrogens is 379 g/mol. The Morgan fingerprint density at radius 2 is 1.72 bits per heavy atom. The van der Waals surface area contributed by atoms with Crippen LogP contribution in [0.5, 0.6) is 0 Å². The summed E-state index contributed by atoms with van der Waals surface area (Å²) in [5, 5.41) is 9.90. The highest BCUT2D eigenvalue weighted by molar-refractivity contribution is 8.00. The van der Waals surface area contributed by atoms with Gasteiger partial charge in [0.25, 0.3) is 0 Å². The molecular formula is C19H16Cl2O3S. The van der Waals surface area contributed by atoms with Gasteiger partial charge in [-0.2, -0.15) is 0 Å². The van der Waals surface area contributed by atoms with Gasteiger partial charge in [0.15, 0.2) is 5.78 Å². The molecule has 1 N–H and O–H groups in total. The number of ketones is 1. The Hall–Kier alpha value is -1.49. The Labute approximate surface area is 160 Å². The average Bonchev–Trinajstić information content (AvgIpc) is 3.08. The molecule has 0 unspecified atom stereocenters. The fraction of sp³-hybridized carbons (Fsp3) is 0.263. The molecule has 25 heavy (non-hydrogen) atoms. The first kappa shape index (κ1) is 18.3. The largest absolute Gasteiger partial charge is 0.481 e. The molecule has 0 amide bonds. The number of carboxylic acids is 1. The van der Waals surface area contributed by atoms with Crippen LogP contribution >= 0.6 is 35.0 Å². The summed E-state index contributed by atoms with van der Waals surface area (Å²) in [6, 6.07) is 12.4. The maximum absolute atomic E-state index is 12.6. The van der Waals surface area contributed by atoms with E-state index < -0.39 is 5.97 Å². The van der Waals surface area contributed by atoms with Gasteiger partial charge in [-0.1, -0.05) is 53.5 Å². The van der Waals surface area contributed by atoms with Crippen LogP contribution in [0.2, 0.25) is 10.0 Å². The first-order chi connectivity index (χ1) is 12.0. The molecule has 2 aromatic carbocycles. The van der Waals surface area contributed by atoms with E-state index in [1.54, 1.807) is 36.4 Å². The zero-order valence-corrected chi connectivity index (χ0v) is 15.6. The van der Waals surface area contributed by atoms with E-state index in [9.17, 15) is 9.59 Å². The zero-order valence-electron chi connectivity index (χ0n) is 13.2. The fourth-order valence-electron chi connectivity index (χ4n) is 2.99. The molecule has 3 nitrogen and oxygen atoms in total. The van der Waals surface area contributed by atoms with E-state index in [4.69, 9.17) is 28.3 Å². The summed E-state index contributed by atoms with van der Waals surface area (Å²) in [6.45, 7) is 0. The first-order valence-electron chi connectivity index (χ1n) is 7.94. The minimum atomic E-state index is -0.740. The van der Waals surface area contributed by atoms with Gasteiger partial charge in [-0.05, 0) is 31.4 Å². The molecule has 1 saturated carbocycles. The number of carbonyl (C=O) groups excluding carboxylic acids is 1. The predicted molar refractivity (Wildman–Crippen MR) is 101 cm³/mol. The van der Waals surface area contributed by atoms with E-state index >= 15 is 0 Å². The summed E-state index contributed by atoms with van der Waals surface area (Å²) in [4.78, 5) is 24.4. The normalized spacial score (nSPS) is 19.8. The van der Waals surface area contributed by atoms with Crippen LogP contribution in [0.3, 0.4) is 0 Å². The van der Waals surface area contributed by atoms with Gasteiger partial charge in [-0.15, -0.1) is 11.8 Å². The second-order valence-electron chi connectivity index (χ2n) is 6.02. The van der Waals surface area contributed by atoms with Crippen molar-refractivity contribution in [2.24, 2.45) is 5.92 Å². The van der Waals surface area contributed by atoms with Crippen molar-refractivity contribution in [2.45, 2.75) is 29.4 Å². The minimum absolute atomic E-state index is 0.171. The number of hydrogen-bond acceptors (Lipinski definition) is 3. The number of aliphatic carboxylic acids is 1. The van der Waals surface area contributed by atoms with Gasteiger partial charge in [-0.3, -0.25) is 9.59 Å². The lowest BCUT2D eigenvalue weighted by atomic mass is 10.0. The van der Waals surface area contributed by atoms with Crippen LogP contribution < -0.4 is 0 Å². The molecule has 0 radical (unpaired) electrons.